The molecular weight excluding hydrogens is 176 g/mol. The van der Waals surface area contributed by atoms with E-state index in [-0.39, 0.29) is 5.54 Å². The van der Waals surface area contributed by atoms with Crippen molar-refractivity contribution in [3.8, 4) is 0 Å². The van der Waals surface area contributed by atoms with Crippen molar-refractivity contribution >= 4 is 11.2 Å². The summed E-state index contributed by atoms with van der Waals surface area (Å²) in [5, 5.41) is 0. The predicted molar refractivity (Wildman–Crippen MR) is 53.7 cm³/mol. The van der Waals surface area contributed by atoms with E-state index in [1.165, 1.54) is 0 Å². The highest BCUT2D eigenvalue weighted by Crippen LogP contribution is 2.17. The molecule has 14 heavy (non-hydrogen) atoms. The van der Waals surface area contributed by atoms with Gasteiger partial charge in [0.05, 0.1) is 13.2 Å². The van der Waals surface area contributed by atoms with Gasteiger partial charge >= 0.3 is 0 Å². The zero-order valence-corrected chi connectivity index (χ0v) is 9.02. The van der Waals surface area contributed by atoms with Gasteiger partial charge in [-0.25, -0.2) is 14.1 Å². The number of fused-ring (bicyclic) bond motifs is 1. The normalized spacial score (nSPS) is 12.3. The van der Waals surface area contributed by atoms with Crippen LogP contribution in [0.5, 0.6) is 0 Å². The van der Waals surface area contributed by atoms with Crippen molar-refractivity contribution in [1.82, 2.24) is 14.5 Å². The molecule has 4 heteroatoms. The van der Waals surface area contributed by atoms with Gasteiger partial charge in [-0.1, -0.05) is 0 Å². The highest BCUT2D eigenvalue weighted by atomic mass is 15.2. The minimum atomic E-state index is 0.0495. The molecule has 0 unspecified atom stereocenters. The fourth-order valence-electron chi connectivity index (χ4n) is 1.53. The maximum absolute atomic E-state index is 4.30. The first kappa shape index (κ1) is 9.12. The van der Waals surface area contributed by atoms with Crippen LogP contribution in [0.4, 0.5) is 0 Å². The Hall–Kier alpha value is -1.45. The average molecular weight is 191 g/mol. The molecule has 0 N–H and O–H groups in total. The minimum Gasteiger partial charge on any atom is -0.240 e. The third kappa shape index (κ3) is 1.27. The molecule has 0 amide bonds. The first-order valence-corrected chi connectivity index (χ1v) is 4.67. The number of hydrogen-bond donors (Lipinski definition) is 0. The highest BCUT2D eigenvalue weighted by Gasteiger charge is 2.25. The largest absolute Gasteiger partial charge is 0.272 e. The Bertz CT molecular complexity index is 464. The van der Waals surface area contributed by atoms with E-state index in [0.717, 1.165) is 11.2 Å². The number of nitrogens with zero attached hydrogens (tertiary/aromatic N) is 4. The van der Waals surface area contributed by atoms with Gasteiger partial charge in [0, 0.05) is 0 Å². The molecule has 0 fully saturated rings. The van der Waals surface area contributed by atoms with E-state index in [9.17, 15) is 0 Å². The second kappa shape index (κ2) is 2.77. The molecule has 2 aromatic heterocycles. The first-order chi connectivity index (χ1) is 6.50. The summed E-state index contributed by atoms with van der Waals surface area (Å²) in [5.41, 5.74) is 2.09. The zero-order valence-electron chi connectivity index (χ0n) is 9.02. The van der Waals surface area contributed by atoms with Gasteiger partial charge < -0.3 is 0 Å². The average Bonchev–Trinajstić information content (AvgIpc) is 2.44. The van der Waals surface area contributed by atoms with Gasteiger partial charge in [0.15, 0.2) is 0 Å². The highest BCUT2D eigenvalue weighted by molar-refractivity contribution is 5.65. The van der Waals surface area contributed by atoms with Crippen LogP contribution in [0.25, 0.3) is 11.2 Å². The summed E-state index contributed by atoms with van der Waals surface area (Å²) in [6, 6.07) is 0. The molecule has 0 radical (unpaired) electrons. The topological polar surface area (TPSA) is 34.6 Å². The number of rotatable bonds is 0. The van der Waals surface area contributed by atoms with Crippen LogP contribution >= 0.6 is 0 Å². The molecule has 0 saturated heterocycles. The lowest BCUT2D eigenvalue weighted by Gasteiger charge is -2.13. The van der Waals surface area contributed by atoms with Crippen LogP contribution in [0.1, 0.15) is 20.8 Å². The molecule has 2 aromatic rings. The van der Waals surface area contributed by atoms with E-state index in [2.05, 4.69) is 41.6 Å². The summed E-state index contributed by atoms with van der Waals surface area (Å²) < 4.78 is 4.20. The van der Waals surface area contributed by atoms with E-state index < -0.39 is 0 Å². The van der Waals surface area contributed by atoms with Crippen LogP contribution < -0.4 is 4.57 Å². The third-order valence-corrected chi connectivity index (χ3v) is 2.29. The Morgan fingerprint density at radius 3 is 2.71 bits per heavy atom. The molecule has 0 aliphatic carbocycles. The van der Waals surface area contributed by atoms with Crippen molar-refractivity contribution < 1.29 is 4.57 Å². The summed E-state index contributed by atoms with van der Waals surface area (Å²) in [5.74, 6) is 0. The number of aryl methyl sites for hydroxylation is 1. The minimum absolute atomic E-state index is 0.0495. The van der Waals surface area contributed by atoms with Crippen LogP contribution in [-0.2, 0) is 12.6 Å². The lowest BCUT2D eigenvalue weighted by atomic mass is 10.1. The number of aromatic nitrogens is 4. The molecule has 0 aliphatic heterocycles. The Balaban J connectivity index is 2.80. The molecule has 0 aromatic carbocycles. The number of imidazole rings is 1. The lowest BCUT2D eigenvalue weighted by molar-refractivity contribution is -0.646. The Kier molecular flexibility index (Phi) is 1.80. The van der Waals surface area contributed by atoms with Crippen LogP contribution in [0, 0.1) is 0 Å². The molecule has 0 spiro atoms. The van der Waals surface area contributed by atoms with Crippen LogP contribution in [0.2, 0.25) is 0 Å². The van der Waals surface area contributed by atoms with E-state index in [0.29, 0.717) is 0 Å². The molecule has 74 valence electrons. The van der Waals surface area contributed by atoms with Gasteiger partial charge in [-0.2, -0.15) is 4.98 Å². The molecule has 0 saturated carbocycles. The van der Waals surface area contributed by atoms with E-state index >= 15 is 0 Å². The van der Waals surface area contributed by atoms with Gasteiger partial charge in [-0.3, -0.25) is 0 Å². The van der Waals surface area contributed by atoms with Gasteiger partial charge in [0.2, 0.25) is 11.8 Å². The maximum Gasteiger partial charge on any atom is 0.272 e. The van der Waals surface area contributed by atoms with Gasteiger partial charge in [0.25, 0.3) is 5.65 Å². The van der Waals surface area contributed by atoms with Crippen molar-refractivity contribution in [2.24, 2.45) is 7.05 Å². The molecule has 4 nitrogen and oxygen atoms in total. The predicted octanol–water partition coefficient (Wildman–Crippen LogP) is 1.01. The summed E-state index contributed by atoms with van der Waals surface area (Å²) >= 11 is 0. The van der Waals surface area contributed by atoms with Crippen molar-refractivity contribution in [2.45, 2.75) is 26.3 Å². The molecule has 0 bridgehead atoms. The van der Waals surface area contributed by atoms with Crippen molar-refractivity contribution in [3.63, 3.8) is 0 Å². The summed E-state index contributed by atoms with van der Waals surface area (Å²) in [7, 11) is 2.01. The smallest absolute Gasteiger partial charge is 0.240 e. The summed E-state index contributed by atoms with van der Waals surface area (Å²) in [6.07, 6.45) is 5.48. The monoisotopic (exact) mass is 191 g/mol. The second-order valence-corrected chi connectivity index (χ2v) is 4.50. The number of hydrogen-bond acceptors (Lipinski definition) is 2. The first-order valence-electron chi connectivity index (χ1n) is 4.67. The third-order valence-electron chi connectivity index (χ3n) is 2.29. The SMILES string of the molecule is C[n+]1cn(C(C)(C)C)c2ncncc21. The van der Waals surface area contributed by atoms with E-state index in [4.69, 9.17) is 0 Å². The Morgan fingerprint density at radius 1 is 1.36 bits per heavy atom. The van der Waals surface area contributed by atoms with Crippen LogP contribution in [-0.4, -0.2) is 14.5 Å². The summed E-state index contributed by atoms with van der Waals surface area (Å²) in [4.78, 5) is 8.32. The van der Waals surface area contributed by atoms with Crippen molar-refractivity contribution in [2.75, 3.05) is 0 Å². The van der Waals surface area contributed by atoms with Crippen molar-refractivity contribution in [3.05, 3.63) is 18.9 Å². The molecule has 0 aliphatic rings. The fourth-order valence-corrected chi connectivity index (χ4v) is 1.53. The fraction of sp³-hybridized carbons (Fsp3) is 0.500. The second-order valence-electron chi connectivity index (χ2n) is 4.50. The quantitative estimate of drug-likeness (QED) is 0.582. The van der Waals surface area contributed by atoms with Gasteiger partial charge in [-0.05, 0) is 20.8 Å². The van der Waals surface area contributed by atoms with Crippen LogP contribution in [0.3, 0.4) is 0 Å². The molecule has 2 rings (SSSR count). The summed E-state index contributed by atoms with van der Waals surface area (Å²) in [6.45, 7) is 6.48. The standard InChI is InChI=1S/C10H15N4/c1-10(2,3)14-7-13(4)8-5-11-6-12-9(8)14/h5-7H,1-4H3/q+1. The van der Waals surface area contributed by atoms with Gasteiger partial charge in [-0.15, -0.1) is 0 Å². The van der Waals surface area contributed by atoms with E-state index in [1.54, 1.807) is 6.33 Å². The maximum atomic E-state index is 4.30. The Labute approximate surface area is 83.2 Å². The zero-order chi connectivity index (χ0) is 10.3. The van der Waals surface area contributed by atoms with Gasteiger partial charge in [0.1, 0.15) is 11.9 Å². The van der Waals surface area contributed by atoms with E-state index in [1.807, 2.05) is 17.8 Å². The molecule has 0 atom stereocenters. The Morgan fingerprint density at radius 2 is 2.07 bits per heavy atom. The van der Waals surface area contributed by atoms with Crippen molar-refractivity contribution in [1.29, 1.82) is 0 Å². The lowest BCUT2D eigenvalue weighted by Crippen LogP contribution is -2.28. The van der Waals surface area contributed by atoms with Crippen LogP contribution in [0.15, 0.2) is 18.9 Å². The molecule has 2 heterocycles. The molecular formula is C10H15N4+.